The standard InChI is InChI=1S/C15H20N2O3/c1-2-3-4-5-6-9-16-17-14(18)12-10-7-8-11(20-10)13(12)15(17)19/h7-13H,2-6H2,1H3/b16-9-/t10-,11-,12-,13-/m0/s1. The second-order valence-corrected chi connectivity index (χ2v) is 5.64. The molecular weight excluding hydrogens is 256 g/mol. The Bertz CT molecular complexity index is 442. The van der Waals surface area contributed by atoms with Crippen LogP contribution >= 0.6 is 0 Å². The van der Waals surface area contributed by atoms with Gasteiger partial charge in [0.2, 0.25) is 0 Å². The van der Waals surface area contributed by atoms with Gasteiger partial charge in [-0.25, -0.2) is 0 Å². The number of unbranched alkanes of at least 4 members (excludes halogenated alkanes) is 4. The number of hydrazone groups is 1. The highest BCUT2D eigenvalue weighted by atomic mass is 16.5. The van der Waals surface area contributed by atoms with Crippen molar-refractivity contribution in [2.45, 2.75) is 51.2 Å². The number of ether oxygens (including phenoxy) is 1. The van der Waals surface area contributed by atoms with Gasteiger partial charge in [-0.05, 0) is 12.8 Å². The third-order valence-electron chi connectivity index (χ3n) is 4.27. The Morgan fingerprint density at radius 1 is 1.15 bits per heavy atom. The van der Waals surface area contributed by atoms with Crippen molar-refractivity contribution in [2.75, 3.05) is 0 Å². The second kappa shape index (κ2) is 5.48. The van der Waals surface area contributed by atoms with E-state index in [1.807, 2.05) is 12.2 Å². The summed E-state index contributed by atoms with van der Waals surface area (Å²) in [7, 11) is 0. The topological polar surface area (TPSA) is 59.0 Å². The fourth-order valence-electron chi connectivity index (χ4n) is 3.20. The number of carbonyl (C=O) groups excluding carboxylic acids is 2. The first kappa shape index (κ1) is 13.5. The summed E-state index contributed by atoms with van der Waals surface area (Å²) in [5, 5.41) is 5.15. The predicted molar refractivity (Wildman–Crippen MR) is 73.9 cm³/mol. The van der Waals surface area contributed by atoms with Gasteiger partial charge in [0.05, 0.1) is 24.0 Å². The quantitative estimate of drug-likeness (QED) is 0.322. The summed E-state index contributed by atoms with van der Waals surface area (Å²) in [5.74, 6) is -1.12. The molecule has 3 heterocycles. The maximum atomic E-state index is 12.2. The Labute approximate surface area is 118 Å². The molecule has 0 aliphatic carbocycles. The Hall–Kier alpha value is -1.49. The minimum Gasteiger partial charge on any atom is -0.365 e. The summed E-state index contributed by atoms with van der Waals surface area (Å²) in [6.45, 7) is 2.17. The number of nitrogens with zero attached hydrogens (tertiary/aromatic N) is 2. The number of hydrogen-bond donors (Lipinski definition) is 0. The highest BCUT2D eigenvalue weighted by Crippen LogP contribution is 2.45. The number of rotatable bonds is 6. The Morgan fingerprint density at radius 3 is 2.40 bits per heavy atom. The molecule has 0 aromatic heterocycles. The molecule has 0 saturated carbocycles. The van der Waals surface area contributed by atoms with E-state index in [2.05, 4.69) is 12.0 Å². The minimum absolute atomic E-state index is 0.207. The lowest BCUT2D eigenvalue weighted by Gasteiger charge is -2.11. The van der Waals surface area contributed by atoms with Gasteiger partial charge in [0, 0.05) is 6.21 Å². The molecule has 0 unspecified atom stereocenters. The lowest BCUT2D eigenvalue weighted by molar-refractivity contribution is -0.142. The summed E-state index contributed by atoms with van der Waals surface area (Å²) in [5.41, 5.74) is 0. The molecule has 3 rings (SSSR count). The number of amides is 2. The van der Waals surface area contributed by atoms with Crippen LogP contribution in [0.2, 0.25) is 0 Å². The zero-order valence-electron chi connectivity index (χ0n) is 11.7. The van der Waals surface area contributed by atoms with Crippen molar-refractivity contribution in [1.82, 2.24) is 5.01 Å². The van der Waals surface area contributed by atoms with E-state index in [1.54, 1.807) is 6.21 Å². The van der Waals surface area contributed by atoms with Crippen molar-refractivity contribution in [1.29, 1.82) is 0 Å². The summed E-state index contributed by atoms with van der Waals surface area (Å²) >= 11 is 0. The van der Waals surface area contributed by atoms with Crippen LogP contribution in [0.4, 0.5) is 0 Å². The van der Waals surface area contributed by atoms with E-state index in [9.17, 15) is 9.59 Å². The van der Waals surface area contributed by atoms with Crippen LogP contribution in [0.25, 0.3) is 0 Å². The molecule has 0 radical (unpaired) electrons. The van der Waals surface area contributed by atoms with Crippen molar-refractivity contribution >= 4 is 18.0 Å². The van der Waals surface area contributed by atoms with Crippen LogP contribution < -0.4 is 0 Å². The third-order valence-corrected chi connectivity index (χ3v) is 4.27. The molecule has 4 atom stereocenters. The molecule has 2 saturated heterocycles. The molecule has 2 fully saturated rings. The number of fused-ring (bicyclic) bond motifs is 5. The second-order valence-electron chi connectivity index (χ2n) is 5.64. The fourth-order valence-corrected chi connectivity index (χ4v) is 3.20. The molecule has 5 heteroatoms. The molecule has 2 amide bonds. The van der Waals surface area contributed by atoms with Gasteiger partial charge in [-0.15, -0.1) is 0 Å². The lowest BCUT2D eigenvalue weighted by atomic mass is 9.85. The van der Waals surface area contributed by atoms with Gasteiger partial charge < -0.3 is 4.74 Å². The summed E-state index contributed by atoms with van der Waals surface area (Å²) in [6.07, 6.45) is 10.4. The molecule has 0 aromatic carbocycles. The van der Waals surface area contributed by atoms with Crippen molar-refractivity contribution in [3.05, 3.63) is 12.2 Å². The van der Waals surface area contributed by atoms with Crippen molar-refractivity contribution in [2.24, 2.45) is 16.9 Å². The van der Waals surface area contributed by atoms with Crippen LogP contribution in [0.3, 0.4) is 0 Å². The fraction of sp³-hybridized carbons (Fsp3) is 0.667. The zero-order valence-corrected chi connectivity index (χ0v) is 11.7. The average Bonchev–Trinajstić information content (AvgIpc) is 3.11. The maximum Gasteiger partial charge on any atom is 0.256 e. The van der Waals surface area contributed by atoms with Crippen molar-refractivity contribution < 1.29 is 14.3 Å². The average molecular weight is 276 g/mol. The number of hydrogen-bond acceptors (Lipinski definition) is 4. The van der Waals surface area contributed by atoms with E-state index in [4.69, 9.17) is 4.74 Å². The minimum atomic E-state index is -0.352. The van der Waals surface area contributed by atoms with Crippen LogP contribution in [0.5, 0.6) is 0 Å². The molecule has 3 aliphatic heterocycles. The third kappa shape index (κ3) is 2.10. The molecule has 108 valence electrons. The largest absolute Gasteiger partial charge is 0.365 e. The van der Waals surface area contributed by atoms with Gasteiger partial charge in [-0.2, -0.15) is 10.1 Å². The van der Waals surface area contributed by atoms with Gasteiger partial charge in [0.15, 0.2) is 0 Å². The van der Waals surface area contributed by atoms with Crippen LogP contribution in [0.15, 0.2) is 17.3 Å². The first-order chi connectivity index (χ1) is 9.74. The maximum absolute atomic E-state index is 12.2. The van der Waals surface area contributed by atoms with Gasteiger partial charge in [0.1, 0.15) is 0 Å². The SMILES string of the molecule is CCCCCC/C=N\N1C(=O)[C@@H]2[C@@H](C1=O)[C@@H]1C=C[C@@H]2O1. The van der Waals surface area contributed by atoms with E-state index in [-0.39, 0.29) is 35.9 Å². The van der Waals surface area contributed by atoms with Crippen LogP contribution in [0.1, 0.15) is 39.0 Å². The van der Waals surface area contributed by atoms with E-state index in [1.165, 1.54) is 12.8 Å². The van der Waals surface area contributed by atoms with E-state index >= 15 is 0 Å². The van der Waals surface area contributed by atoms with E-state index in [0.29, 0.717) is 0 Å². The summed E-state index contributed by atoms with van der Waals surface area (Å²) < 4.78 is 5.57. The molecule has 2 bridgehead atoms. The van der Waals surface area contributed by atoms with Crippen molar-refractivity contribution in [3.8, 4) is 0 Å². The Morgan fingerprint density at radius 2 is 1.80 bits per heavy atom. The number of carbonyl (C=O) groups is 2. The predicted octanol–water partition coefficient (Wildman–Crippen LogP) is 1.88. The summed E-state index contributed by atoms with van der Waals surface area (Å²) in [6, 6.07) is 0. The Balaban J connectivity index is 1.58. The first-order valence-corrected chi connectivity index (χ1v) is 7.48. The van der Waals surface area contributed by atoms with Gasteiger partial charge in [-0.3, -0.25) is 9.59 Å². The van der Waals surface area contributed by atoms with Crippen LogP contribution in [-0.2, 0) is 14.3 Å². The van der Waals surface area contributed by atoms with Gasteiger partial charge in [0.25, 0.3) is 11.8 Å². The molecule has 0 spiro atoms. The van der Waals surface area contributed by atoms with E-state index < -0.39 is 0 Å². The smallest absolute Gasteiger partial charge is 0.256 e. The molecule has 0 aromatic rings. The van der Waals surface area contributed by atoms with Crippen LogP contribution in [0, 0.1) is 11.8 Å². The van der Waals surface area contributed by atoms with Gasteiger partial charge >= 0.3 is 0 Å². The van der Waals surface area contributed by atoms with E-state index in [0.717, 1.165) is 24.3 Å². The van der Waals surface area contributed by atoms with Crippen LogP contribution in [-0.4, -0.2) is 35.2 Å². The Kier molecular flexibility index (Phi) is 3.70. The highest BCUT2D eigenvalue weighted by molar-refractivity contribution is 6.06. The lowest BCUT2D eigenvalue weighted by Crippen LogP contribution is -2.30. The zero-order chi connectivity index (χ0) is 14.1. The molecule has 5 nitrogen and oxygen atoms in total. The molecule has 3 aliphatic rings. The summed E-state index contributed by atoms with van der Waals surface area (Å²) in [4.78, 5) is 24.5. The molecular formula is C15H20N2O3. The normalized spacial score (nSPS) is 34.8. The van der Waals surface area contributed by atoms with Gasteiger partial charge in [-0.1, -0.05) is 38.3 Å². The molecule has 0 N–H and O–H groups in total. The molecule has 20 heavy (non-hydrogen) atoms. The van der Waals surface area contributed by atoms with Crippen molar-refractivity contribution in [3.63, 3.8) is 0 Å². The monoisotopic (exact) mass is 276 g/mol. The number of imide groups is 1. The highest BCUT2D eigenvalue weighted by Gasteiger charge is 2.61. The first-order valence-electron chi connectivity index (χ1n) is 7.48.